The molecule has 3 aromatic rings. The van der Waals surface area contributed by atoms with E-state index < -0.39 is 0 Å². The van der Waals surface area contributed by atoms with Gasteiger partial charge in [0.15, 0.2) is 0 Å². The maximum atomic E-state index is 12.3. The van der Waals surface area contributed by atoms with Crippen LogP contribution < -0.4 is 15.8 Å². The molecule has 2 aromatic carbocycles. The zero-order valence-corrected chi connectivity index (χ0v) is 16.5. The second-order valence-corrected chi connectivity index (χ2v) is 7.64. The standard InChI is InChI=1S/C21H21ClN4O2/c1-11(2)28-20-16-9-12(4-8-18(16)25-21(23)26-20)13-3-7-15(17(22)10-13)19(27)24-14-5-6-14/h3-4,7-11,14H,5-6H2,1-2H3,(H,24,27)(H2,23,25,26). The molecule has 28 heavy (non-hydrogen) atoms. The van der Waals surface area contributed by atoms with E-state index in [1.54, 1.807) is 12.1 Å². The highest BCUT2D eigenvalue weighted by atomic mass is 35.5. The van der Waals surface area contributed by atoms with Crippen molar-refractivity contribution in [3.63, 3.8) is 0 Å². The first-order valence-electron chi connectivity index (χ1n) is 9.25. The number of anilines is 1. The number of amides is 1. The van der Waals surface area contributed by atoms with Crippen LogP contribution in [-0.4, -0.2) is 28.0 Å². The molecule has 7 heteroatoms. The topological polar surface area (TPSA) is 90.1 Å². The molecule has 4 rings (SSSR count). The van der Waals surface area contributed by atoms with Crippen LogP contribution in [0.1, 0.15) is 37.0 Å². The van der Waals surface area contributed by atoms with E-state index in [0.29, 0.717) is 22.0 Å². The molecular weight excluding hydrogens is 376 g/mol. The van der Waals surface area contributed by atoms with Crippen molar-refractivity contribution in [1.82, 2.24) is 15.3 Å². The largest absolute Gasteiger partial charge is 0.474 e. The smallest absolute Gasteiger partial charge is 0.253 e. The Morgan fingerprint density at radius 3 is 2.57 bits per heavy atom. The molecular formula is C21H21ClN4O2. The van der Waals surface area contributed by atoms with Gasteiger partial charge in [0.05, 0.1) is 27.6 Å². The molecule has 1 saturated carbocycles. The van der Waals surface area contributed by atoms with Gasteiger partial charge in [-0.05, 0) is 62.1 Å². The first-order valence-corrected chi connectivity index (χ1v) is 9.63. The molecule has 0 bridgehead atoms. The normalized spacial score (nSPS) is 13.7. The van der Waals surface area contributed by atoms with Crippen molar-refractivity contribution in [1.29, 1.82) is 0 Å². The zero-order chi connectivity index (χ0) is 19.8. The van der Waals surface area contributed by atoms with Gasteiger partial charge in [-0.1, -0.05) is 23.7 Å². The lowest BCUT2D eigenvalue weighted by molar-refractivity contribution is 0.0951. The molecule has 0 radical (unpaired) electrons. The van der Waals surface area contributed by atoms with E-state index in [0.717, 1.165) is 29.4 Å². The first-order chi connectivity index (χ1) is 13.4. The van der Waals surface area contributed by atoms with E-state index in [-0.39, 0.29) is 24.0 Å². The third-order valence-corrected chi connectivity index (χ3v) is 4.80. The second kappa shape index (κ2) is 7.28. The van der Waals surface area contributed by atoms with Crippen LogP contribution >= 0.6 is 11.6 Å². The third-order valence-electron chi connectivity index (χ3n) is 4.49. The molecule has 6 nitrogen and oxygen atoms in total. The molecule has 3 N–H and O–H groups in total. The van der Waals surface area contributed by atoms with Crippen molar-refractivity contribution in [2.45, 2.75) is 38.8 Å². The first kappa shape index (κ1) is 18.5. The van der Waals surface area contributed by atoms with E-state index >= 15 is 0 Å². The number of halogens is 1. The number of nitrogen functional groups attached to an aromatic ring is 1. The fourth-order valence-electron chi connectivity index (χ4n) is 2.98. The van der Waals surface area contributed by atoms with Crippen molar-refractivity contribution >= 4 is 34.4 Å². The Kier molecular flexibility index (Phi) is 4.81. The molecule has 0 spiro atoms. The number of hydrogen-bond donors (Lipinski definition) is 2. The van der Waals surface area contributed by atoms with Gasteiger partial charge in [-0.15, -0.1) is 0 Å². The Hall–Kier alpha value is -2.86. The van der Waals surface area contributed by atoms with Gasteiger partial charge in [0.25, 0.3) is 5.91 Å². The summed E-state index contributed by atoms with van der Waals surface area (Å²) in [5.74, 6) is 0.491. The minimum atomic E-state index is -0.131. The molecule has 1 aliphatic rings. The number of carbonyl (C=O) groups is 1. The van der Waals surface area contributed by atoms with Gasteiger partial charge in [-0.25, -0.2) is 4.98 Å². The van der Waals surface area contributed by atoms with Gasteiger partial charge in [-0.3, -0.25) is 4.79 Å². The summed E-state index contributed by atoms with van der Waals surface area (Å²) < 4.78 is 5.81. The van der Waals surface area contributed by atoms with Crippen LogP contribution in [0, 0.1) is 0 Å². The maximum absolute atomic E-state index is 12.3. The zero-order valence-electron chi connectivity index (χ0n) is 15.7. The number of ether oxygens (including phenoxy) is 1. The predicted molar refractivity (Wildman–Crippen MR) is 111 cm³/mol. The van der Waals surface area contributed by atoms with Gasteiger partial charge >= 0.3 is 0 Å². The summed E-state index contributed by atoms with van der Waals surface area (Å²) >= 11 is 6.39. The summed E-state index contributed by atoms with van der Waals surface area (Å²) in [6, 6.07) is 11.5. The van der Waals surface area contributed by atoms with Crippen molar-refractivity contribution in [2.24, 2.45) is 0 Å². The van der Waals surface area contributed by atoms with Crippen molar-refractivity contribution in [3.8, 4) is 17.0 Å². The Labute approximate surface area is 168 Å². The molecule has 1 heterocycles. The number of aromatic nitrogens is 2. The average Bonchev–Trinajstić information content (AvgIpc) is 3.44. The van der Waals surface area contributed by atoms with Gasteiger partial charge in [0.1, 0.15) is 0 Å². The van der Waals surface area contributed by atoms with E-state index in [2.05, 4.69) is 15.3 Å². The Morgan fingerprint density at radius 1 is 1.18 bits per heavy atom. The molecule has 1 amide bonds. The maximum Gasteiger partial charge on any atom is 0.253 e. The van der Waals surface area contributed by atoms with Gasteiger partial charge in [-0.2, -0.15) is 4.98 Å². The highest BCUT2D eigenvalue weighted by Gasteiger charge is 2.24. The van der Waals surface area contributed by atoms with Crippen LogP contribution in [0.15, 0.2) is 36.4 Å². The monoisotopic (exact) mass is 396 g/mol. The molecule has 1 fully saturated rings. The average molecular weight is 397 g/mol. The number of fused-ring (bicyclic) bond motifs is 1. The van der Waals surface area contributed by atoms with Crippen molar-refractivity contribution < 1.29 is 9.53 Å². The van der Waals surface area contributed by atoms with E-state index in [1.807, 2.05) is 38.1 Å². The van der Waals surface area contributed by atoms with Crippen LogP contribution in [-0.2, 0) is 0 Å². The molecule has 1 aromatic heterocycles. The Balaban J connectivity index is 1.71. The highest BCUT2D eigenvalue weighted by Crippen LogP contribution is 2.32. The summed E-state index contributed by atoms with van der Waals surface area (Å²) in [4.78, 5) is 20.8. The van der Waals surface area contributed by atoms with Crippen molar-refractivity contribution in [3.05, 3.63) is 47.0 Å². The fraction of sp³-hybridized carbons (Fsp3) is 0.286. The minimum absolute atomic E-state index is 0.0418. The number of nitrogens with two attached hydrogens (primary N) is 1. The quantitative estimate of drug-likeness (QED) is 0.674. The summed E-state index contributed by atoms with van der Waals surface area (Å²) in [7, 11) is 0. The van der Waals surface area contributed by atoms with Gasteiger partial charge in [0, 0.05) is 6.04 Å². The fourth-order valence-corrected chi connectivity index (χ4v) is 3.25. The summed E-state index contributed by atoms with van der Waals surface area (Å²) in [6.45, 7) is 3.86. The van der Waals surface area contributed by atoms with E-state index in [9.17, 15) is 4.79 Å². The van der Waals surface area contributed by atoms with Crippen LogP contribution in [0.3, 0.4) is 0 Å². The van der Waals surface area contributed by atoms with Crippen LogP contribution in [0.2, 0.25) is 5.02 Å². The van der Waals surface area contributed by atoms with Crippen LogP contribution in [0.5, 0.6) is 5.88 Å². The molecule has 0 aliphatic heterocycles. The second-order valence-electron chi connectivity index (χ2n) is 7.23. The summed E-state index contributed by atoms with van der Waals surface area (Å²) in [6.07, 6.45) is 2.03. The summed E-state index contributed by atoms with van der Waals surface area (Å²) in [5.41, 5.74) is 8.80. The number of nitrogens with one attached hydrogen (secondary N) is 1. The number of benzene rings is 2. The molecule has 144 valence electrons. The summed E-state index contributed by atoms with van der Waals surface area (Å²) in [5, 5.41) is 4.15. The van der Waals surface area contributed by atoms with E-state index in [4.69, 9.17) is 22.1 Å². The van der Waals surface area contributed by atoms with Crippen LogP contribution in [0.4, 0.5) is 5.95 Å². The van der Waals surface area contributed by atoms with Crippen molar-refractivity contribution in [2.75, 3.05) is 5.73 Å². The van der Waals surface area contributed by atoms with Gasteiger partial charge < -0.3 is 15.8 Å². The molecule has 0 saturated heterocycles. The number of rotatable bonds is 5. The number of nitrogens with zero attached hydrogens (tertiary/aromatic N) is 2. The number of carbonyl (C=O) groups excluding carboxylic acids is 1. The Morgan fingerprint density at radius 2 is 1.89 bits per heavy atom. The lowest BCUT2D eigenvalue weighted by atomic mass is 10.0. The molecule has 0 unspecified atom stereocenters. The number of hydrogen-bond acceptors (Lipinski definition) is 5. The Bertz CT molecular complexity index is 1060. The predicted octanol–water partition coefficient (Wildman–Crippen LogP) is 4.21. The van der Waals surface area contributed by atoms with Gasteiger partial charge in [0.2, 0.25) is 11.8 Å². The molecule has 1 aliphatic carbocycles. The SMILES string of the molecule is CC(C)Oc1nc(N)nc2ccc(-c3ccc(C(=O)NC4CC4)c(Cl)c3)cc12. The molecule has 0 atom stereocenters. The minimum Gasteiger partial charge on any atom is -0.474 e. The van der Waals surface area contributed by atoms with Crippen LogP contribution in [0.25, 0.3) is 22.0 Å². The third kappa shape index (κ3) is 3.87. The van der Waals surface area contributed by atoms with E-state index in [1.165, 1.54) is 0 Å². The highest BCUT2D eigenvalue weighted by molar-refractivity contribution is 6.34. The lowest BCUT2D eigenvalue weighted by Crippen LogP contribution is -2.25. The lowest BCUT2D eigenvalue weighted by Gasteiger charge is -2.13.